The van der Waals surface area contributed by atoms with Gasteiger partial charge in [0.25, 0.3) is 0 Å². The maximum absolute atomic E-state index is 10.2. The molecule has 3 atom stereocenters. The number of benzene rings is 2. The number of nitrogens with one attached hydrogen (secondary N) is 2. The van der Waals surface area contributed by atoms with E-state index >= 15 is 0 Å². The largest absolute Gasteiger partial charge is 0.494 e. The molecule has 3 heterocycles. The molecule has 2 aliphatic heterocycles. The minimum absolute atomic E-state index is 0.0282. The number of β-amino-alcohol motifs (C(OH)–C–C–N with tert-alkyl or cyclic N) is 1. The lowest BCUT2D eigenvalue weighted by molar-refractivity contribution is 0.0172. The summed E-state index contributed by atoms with van der Waals surface area (Å²) >= 11 is 6.52. The summed E-state index contributed by atoms with van der Waals surface area (Å²) in [6.45, 7) is 4.91. The average Bonchev–Trinajstić information content (AvgIpc) is 3.22. The van der Waals surface area contributed by atoms with Crippen molar-refractivity contribution in [1.82, 2.24) is 14.9 Å². The van der Waals surface area contributed by atoms with Gasteiger partial charge in [0.1, 0.15) is 10.8 Å². The first kappa shape index (κ1) is 29.9. The monoisotopic (exact) mass is 608 g/mol. The maximum atomic E-state index is 10.2. The van der Waals surface area contributed by atoms with Crippen molar-refractivity contribution in [3.63, 3.8) is 0 Å². The van der Waals surface area contributed by atoms with Crippen molar-refractivity contribution in [2.75, 3.05) is 69.1 Å². The number of rotatable bonds is 8. The van der Waals surface area contributed by atoms with Crippen molar-refractivity contribution in [2.24, 2.45) is 0 Å². The molecule has 11 heteroatoms. The number of fused-ring (bicyclic) bond motifs is 1. The van der Waals surface area contributed by atoms with Crippen LogP contribution in [0, 0.1) is 0 Å². The summed E-state index contributed by atoms with van der Waals surface area (Å²) in [5.41, 5.74) is 5.21. The second-order valence-electron chi connectivity index (χ2n) is 11.5. The van der Waals surface area contributed by atoms with E-state index in [4.69, 9.17) is 30.8 Å². The fourth-order valence-electron chi connectivity index (χ4n) is 6.46. The van der Waals surface area contributed by atoms with Crippen LogP contribution in [0.3, 0.4) is 0 Å². The number of likely N-dealkylation sites (tertiary alicyclic amines) is 1. The third-order valence-corrected chi connectivity index (χ3v) is 9.05. The number of piperidine rings is 1. The van der Waals surface area contributed by atoms with Gasteiger partial charge in [-0.2, -0.15) is 4.98 Å². The minimum atomic E-state index is -0.231. The first-order chi connectivity index (χ1) is 21.0. The molecular weight excluding hydrogens is 568 g/mol. The molecule has 0 spiro atoms. The highest BCUT2D eigenvalue weighted by molar-refractivity contribution is 6.33. The predicted molar refractivity (Wildman–Crippen MR) is 169 cm³/mol. The lowest BCUT2D eigenvalue weighted by Crippen LogP contribution is -2.45. The second-order valence-corrected chi connectivity index (χ2v) is 11.9. The Morgan fingerprint density at radius 3 is 2.70 bits per heavy atom. The summed E-state index contributed by atoms with van der Waals surface area (Å²) in [5.74, 6) is 1.60. The molecule has 3 unspecified atom stereocenters. The highest BCUT2D eigenvalue weighted by atomic mass is 35.5. The van der Waals surface area contributed by atoms with Crippen molar-refractivity contribution in [3.8, 4) is 5.75 Å². The molecule has 2 saturated heterocycles. The molecule has 1 aliphatic carbocycles. The van der Waals surface area contributed by atoms with Crippen LogP contribution in [0.1, 0.15) is 42.9 Å². The molecule has 3 aromatic rings. The molecule has 6 rings (SSSR count). The molecular formula is C32H41ClN6O4. The van der Waals surface area contributed by atoms with Crippen LogP contribution in [0.25, 0.3) is 0 Å². The Hall–Kier alpha value is -3.15. The zero-order valence-corrected chi connectivity index (χ0v) is 25.6. The molecule has 0 amide bonds. The Bertz CT molecular complexity index is 1400. The van der Waals surface area contributed by atoms with Crippen LogP contribution >= 0.6 is 11.6 Å². The molecule has 1 aromatic heterocycles. The zero-order chi connectivity index (χ0) is 29.8. The van der Waals surface area contributed by atoms with Gasteiger partial charge in [-0.05, 0) is 74.0 Å². The van der Waals surface area contributed by atoms with Gasteiger partial charge in [0.05, 0.1) is 44.4 Å². The highest BCUT2D eigenvalue weighted by Crippen LogP contribution is 2.37. The van der Waals surface area contributed by atoms with Gasteiger partial charge in [0.15, 0.2) is 5.82 Å². The van der Waals surface area contributed by atoms with Gasteiger partial charge in [-0.15, -0.1) is 0 Å². The van der Waals surface area contributed by atoms with Crippen molar-refractivity contribution >= 4 is 40.4 Å². The number of aliphatic hydroxyl groups excluding tert-OH is 1. The third kappa shape index (κ3) is 6.99. The highest BCUT2D eigenvalue weighted by Gasteiger charge is 2.31. The number of halogens is 1. The van der Waals surface area contributed by atoms with E-state index in [1.54, 1.807) is 20.4 Å². The van der Waals surface area contributed by atoms with Crippen molar-refractivity contribution in [3.05, 3.63) is 58.7 Å². The van der Waals surface area contributed by atoms with Gasteiger partial charge in [-0.1, -0.05) is 17.7 Å². The smallest absolute Gasteiger partial charge is 0.229 e. The number of aliphatic hydroxyl groups is 1. The van der Waals surface area contributed by atoms with Crippen molar-refractivity contribution < 1.29 is 19.3 Å². The fourth-order valence-corrected chi connectivity index (χ4v) is 6.60. The number of hydrogen-bond donors (Lipinski definition) is 3. The number of anilines is 5. The summed E-state index contributed by atoms with van der Waals surface area (Å²) < 4.78 is 17.2. The van der Waals surface area contributed by atoms with Crippen LogP contribution < -0.4 is 20.3 Å². The Balaban J connectivity index is 1.18. The normalized spacial score (nSPS) is 22.9. The Kier molecular flexibility index (Phi) is 9.49. The van der Waals surface area contributed by atoms with E-state index in [9.17, 15) is 5.11 Å². The summed E-state index contributed by atoms with van der Waals surface area (Å²) in [5, 5.41) is 17.3. The molecule has 2 aromatic carbocycles. The van der Waals surface area contributed by atoms with Crippen LogP contribution in [-0.4, -0.2) is 85.7 Å². The molecule has 3 aliphatic rings. The number of aryl methyl sites for hydroxylation is 1. The van der Waals surface area contributed by atoms with Crippen molar-refractivity contribution in [2.45, 2.75) is 50.4 Å². The summed E-state index contributed by atoms with van der Waals surface area (Å²) in [4.78, 5) is 13.9. The van der Waals surface area contributed by atoms with E-state index in [0.717, 1.165) is 88.6 Å². The van der Waals surface area contributed by atoms with Gasteiger partial charge in [-0.3, -0.25) is 4.90 Å². The van der Waals surface area contributed by atoms with Crippen LogP contribution in [0.4, 0.5) is 28.8 Å². The van der Waals surface area contributed by atoms with Crippen LogP contribution in [0.2, 0.25) is 5.02 Å². The van der Waals surface area contributed by atoms with Crippen molar-refractivity contribution in [1.29, 1.82) is 0 Å². The molecule has 230 valence electrons. The van der Waals surface area contributed by atoms with E-state index < -0.39 is 0 Å². The van der Waals surface area contributed by atoms with Gasteiger partial charge in [0, 0.05) is 50.2 Å². The lowest BCUT2D eigenvalue weighted by Gasteiger charge is -2.37. The quantitative estimate of drug-likeness (QED) is 0.291. The standard InChI is InChI=1S/C32H41ClN6O4/c1-41-29-17-24(39-11-3-4-25(40)20-39)8-6-21-5-7-22(16-26(21)29)35-32-34-19-27(33)31(37-32)36-28-10-9-23(18-30(28)42-2)38-12-14-43-15-13-38/h5,7,9-10,16,18-19,24-25,29,40H,3-4,6,8,11-15,17,20H2,1-2H3,(H2,34,35,36,37). The van der Waals surface area contributed by atoms with E-state index in [1.165, 1.54) is 11.1 Å². The molecule has 10 nitrogen and oxygen atoms in total. The number of nitrogens with zero attached hydrogens (tertiary/aromatic N) is 4. The van der Waals surface area contributed by atoms with Crippen LogP contribution in [-0.2, 0) is 15.9 Å². The predicted octanol–water partition coefficient (Wildman–Crippen LogP) is 5.31. The summed E-state index contributed by atoms with van der Waals surface area (Å²) in [6.07, 6.45) is 6.20. The van der Waals surface area contributed by atoms with Gasteiger partial charge >= 0.3 is 0 Å². The molecule has 2 fully saturated rings. The van der Waals surface area contributed by atoms with E-state index in [1.807, 2.05) is 12.1 Å². The topological polar surface area (TPSA) is 104 Å². The zero-order valence-electron chi connectivity index (χ0n) is 24.9. The first-order valence-electron chi connectivity index (χ1n) is 15.2. The molecule has 0 bridgehead atoms. The van der Waals surface area contributed by atoms with Crippen LogP contribution in [0.5, 0.6) is 5.75 Å². The number of aromatic nitrogens is 2. The lowest BCUT2D eigenvalue weighted by atomic mass is 9.99. The van der Waals surface area contributed by atoms with Gasteiger partial charge in [-0.25, -0.2) is 4.98 Å². The molecule has 0 saturated carbocycles. The molecule has 43 heavy (non-hydrogen) atoms. The maximum Gasteiger partial charge on any atom is 0.229 e. The number of methoxy groups -OCH3 is 2. The Morgan fingerprint density at radius 1 is 1.05 bits per heavy atom. The van der Waals surface area contributed by atoms with Crippen LogP contribution in [0.15, 0.2) is 42.6 Å². The minimum Gasteiger partial charge on any atom is -0.494 e. The SMILES string of the molecule is COc1cc(N2CCOCC2)ccc1Nc1nc(Nc2ccc3c(c2)C(OC)CC(N2CCCC(O)C2)CC3)ncc1Cl. The Labute approximate surface area is 258 Å². The fraction of sp³-hybridized carbons (Fsp3) is 0.500. The second kappa shape index (κ2) is 13.7. The summed E-state index contributed by atoms with van der Waals surface area (Å²) in [6, 6.07) is 12.8. The average molecular weight is 609 g/mol. The Morgan fingerprint density at radius 2 is 1.91 bits per heavy atom. The van der Waals surface area contributed by atoms with Gasteiger partial charge < -0.3 is 34.9 Å². The first-order valence-corrected chi connectivity index (χ1v) is 15.5. The number of ether oxygens (including phenoxy) is 3. The van der Waals surface area contributed by atoms with E-state index in [-0.39, 0.29) is 12.2 Å². The van der Waals surface area contributed by atoms with E-state index in [0.29, 0.717) is 28.6 Å². The molecule has 3 N–H and O–H groups in total. The number of hydrogen-bond acceptors (Lipinski definition) is 10. The third-order valence-electron chi connectivity index (χ3n) is 8.77. The van der Waals surface area contributed by atoms with E-state index in [2.05, 4.69) is 49.7 Å². The number of morpholine rings is 1. The van der Waals surface area contributed by atoms with Gasteiger partial charge in [0.2, 0.25) is 5.95 Å². The molecule has 0 radical (unpaired) electrons. The summed E-state index contributed by atoms with van der Waals surface area (Å²) in [7, 11) is 3.44.